The van der Waals surface area contributed by atoms with Crippen molar-refractivity contribution < 1.29 is 4.79 Å². The number of aryl methyl sites for hydroxylation is 2. The molecule has 0 N–H and O–H groups in total. The molecule has 1 atom stereocenters. The van der Waals surface area contributed by atoms with Crippen LogP contribution < -0.4 is 0 Å². The van der Waals surface area contributed by atoms with Crippen LogP contribution in [0.5, 0.6) is 0 Å². The van der Waals surface area contributed by atoms with Crippen molar-refractivity contribution >= 4 is 17.4 Å². The smallest absolute Gasteiger partial charge is 0.184 e. The van der Waals surface area contributed by atoms with Crippen molar-refractivity contribution in [1.29, 1.82) is 5.26 Å². The summed E-state index contributed by atoms with van der Waals surface area (Å²) in [5.74, 6) is -1.08. The molecule has 2 aromatic rings. The minimum Gasteiger partial charge on any atom is -0.292 e. The minimum atomic E-state index is -0.871. The highest BCUT2D eigenvalue weighted by Crippen LogP contribution is 2.28. The van der Waals surface area contributed by atoms with E-state index in [-0.39, 0.29) is 5.78 Å². The highest BCUT2D eigenvalue weighted by molar-refractivity contribution is 6.31. The summed E-state index contributed by atoms with van der Waals surface area (Å²) in [6, 6.07) is 14.7. The summed E-state index contributed by atoms with van der Waals surface area (Å²) in [6.45, 7) is 3.79. The Morgan fingerprint density at radius 3 is 2.55 bits per heavy atom. The normalized spacial score (nSPS) is 11.7. The van der Waals surface area contributed by atoms with E-state index in [1.54, 1.807) is 24.3 Å². The molecule has 2 rings (SSSR count). The number of benzene rings is 2. The molecule has 0 bridgehead atoms. The number of hydrogen-bond donors (Lipinski definition) is 0. The highest BCUT2D eigenvalue weighted by Gasteiger charge is 2.24. The van der Waals surface area contributed by atoms with Crippen molar-refractivity contribution in [3.05, 3.63) is 69.7 Å². The summed E-state index contributed by atoms with van der Waals surface area (Å²) >= 11 is 6.10. The molecule has 100 valence electrons. The zero-order valence-corrected chi connectivity index (χ0v) is 12.1. The minimum absolute atomic E-state index is 0.207. The van der Waals surface area contributed by atoms with Gasteiger partial charge in [-0.1, -0.05) is 47.5 Å². The first kappa shape index (κ1) is 14.3. The van der Waals surface area contributed by atoms with Crippen LogP contribution in [-0.2, 0) is 0 Å². The van der Waals surface area contributed by atoms with E-state index in [9.17, 15) is 10.1 Å². The highest BCUT2D eigenvalue weighted by atomic mass is 35.5. The number of Topliss-reactive ketones (excluding diaryl/α,β-unsaturated/α-hetero) is 1. The Morgan fingerprint density at radius 2 is 1.90 bits per heavy atom. The second-order valence-corrected chi connectivity index (χ2v) is 5.17. The molecule has 0 amide bonds. The van der Waals surface area contributed by atoms with E-state index in [2.05, 4.69) is 6.07 Å². The van der Waals surface area contributed by atoms with Gasteiger partial charge in [-0.3, -0.25) is 4.79 Å². The lowest BCUT2D eigenvalue weighted by Crippen LogP contribution is -2.13. The number of carbonyl (C=O) groups is 1. The fraction of sp³-hybridized carbons (Fsp3) is 0.176. The Balaban J connectivity index is 2.48. The second kappa shape index (κ2) is 5.90. The zero-order chi connectivity index (χ0) is 14.7. The molecule has 0 saturated heterocycles. The van der Waals surface area contributed by atoms with E-state index < -0.39 is 5.92 Å². The van der Waals surface area contributed by atoms with Gasteiger partial charge in [-0.05, 0) is 37.1 Å². The van der Waals surface area contributed by atoms with Crippen LogP contribution in [0.2, 0.25) is 5.02 Å². The van der Waals surface area contributed by atoms with E-state index in [1.165, 1.54) is 0 Å². The predicted octanol–water partition coefficient (Wildman–Crippen LogP) is 4.45. The molecule has 0 spiro atoms. The van der Waals surface area contributed by atoms with Gasteiger partial charge < -0.3 is 0 Å². The fourth-order valence-electron chi connectivity index (χ4n) is 2.14. The Hall–Kier alpha value is -2.11. The maximum absolute atomic E-state index is 12.6. The molecule has 0 heterocycles. The molecule has 0 aliphatic heterocycles. The molecule has 0 aliphatic rings. The van der Waals surface area contributed by atoms with Crippen molar-refractivity contribution in [1.82, 2.24) is 0 Å². The van der Waals surface area contributed by atoms with E-state index in [0.29, 0.717) is 16.1 Å². The van der Waals surface area contributed by atoms with Gasteiger partial charge in [-0.25, -0.2) is 0 Å². The average molecular weight is 284 g/mol. The number of nitrogens with zero attached hydrogens (tertiary/aromatic N) is 1. The summed E-state index contributed by atoms with van der Waals surface area (Å²) in [5, 5.41) is 9.81. The third kappa shape index (κ3) is 2.74. The lowest BCUT2D eigenvalue weighted by molar-refractivity contribution is 0.0978. The molecule has 2 nitrogen and oxygen atoms in total. The van der Waals surface area contributed by atoms with Crippen LogP contribution in [0.1, 0.15) is 33.0 Å². The van der Waals surface area contributed by atoms with Crippen molar-refractivity contribution in [2.24, 2.45) is 0 Å². The Labute approximate surface area is 123 Å². The van der Waals surface area contributed by atoms with Crippen LogP contribution in [0.25, 0.3) is 0 Å². The number of ketones is 1. The van der Waals surface area contributed by atoms with Gasteiger partial charge in [-0.15, -0.1) is 0 Å². The van der Waals surface area contributed by atoms with Gasteiger partial charge in [-0.2, -0.15) is 5.26 Å². The van der Waals surface area contributed by atoms with Gasteiger partial charge in [0.15, 0.2) is 5.78 Å². The third-order valence-electron chi connectivity index (χ3n) is 3.27. The van der Waals surface area contributed by atoms with Gasteiger partial charge >= 0.3 is 0 Å². The summed E-state index contributed by atoms with van der Waals surface area (Å²) < 4.78 is 0. The van der Waals surface area contributed by atoms with Gasteiger partial charge in [0.1, 0.15) is 5.92 Å². The maximum Gasteiger partial charge on any atom is 0.184 e. The van der Waals surface area contributed by atoms with E-state index in [4.69, 9.17) is 11.6 Å². The summed E-state index contributed by atoms with van der Waals surface area (Å²) in [7, 11) is 0. The fourth-order valence-corrected chi connectivity index (χ4v) is 2.38. The standard InChI is InChI=1S/C17H14ClNO/c1-11-7-8-12(2)14(9-11)17(20)15(10-19)13-5-3-4-6-16(13)18/h3-9,15H,1-2H3. The van der Waals surface area contributed by atoms with Gasteiger partial charge in [0.2, 0.25) is 0 Å². The Morgan fingerprint density at radius 1 is 1.20 bits per heavy atom. The van der Waals surface area contributed by atoms with Crippen molar-refractivity contribution in [2.45, 2.75) is 19.8 Å². The first-order valence-electron chi connectivity index (χ1n) is 6.30. The average Bonchev–Trinajstić information content (AvgIpc) is 2.44. The van der Waals surface area contributed by atoms with Crippen LogP contribution in [0.15, 0.2) is 42.5 Å². The monoisotopic (exact) mass is 283 g/mol. The molecule has 20 heavy (non-hydrogen) atoms. The number of hydrogen-bond acceptors (Lipinski definition) is 2. The second-order valence-electron chi connectivity index (χ2n) is 4.77. The van der Waals surface area contributed by atoms with Crippen LogP contribution in [-0.4, -0.2) is 5.78 Å². The summed E-state index contributed by atoms with van der Waals surface area (Å²) in [4.78, 5) is 12.6. The molecule has 0 radical (unpaired) electrons. The summed E-state index contributed by atoms with van der Waals surface area (Å²) in [6.07, 6.45) is 0. The largest absolute Gasteiger partial charge is 0.292 e. The van der Waals surface area contributed by atoms with E-state index in [1.807, 2.05) is 32.0 Å². The molecule has 0 aromatic heterocycles. The van der Waals surface area contributed by atoms with Gasteiger partial charge in [0.25, 0.3) is 0 Å². The summed E-state index contributed by atoms with van der Waals surface area (Å²) in [5.41, 5.74) is 3.00. The number of rotatable bonds is 3. The van der Waals surface area contributed by atoms with E-state index in [0.717, 1.165) is 11.1 Å². The molecule has 0 fully saturated rings. The zero-order valence-electron chi connectivity index (χ0n) is 11.4. The van der Waals surface area contributed by atoms with Crippen molar-refractivity contribution in [2.75, 3.05) is 0 Å². The molecular formula is C17H14ClNO. The molecule has 0 saturated carbocycles. The molecule has 0 aliphatic carbocycles. The Kier molecular flexibility index (Phi) is 4.22. The van der Waals surface area contributed by atoms with E-state index >= 15 is 0 Å². The topological polar surface area (TPSA) is 40.9 Å². The first-order chi connectivity index (χ1) is 9.54. The van der Waals surface area contributed by atoms with Crippen LogP contribution in [0.4, 0.5) is 0 Å². The number of carbonyl (C=O) groups excluding carboxylic acids is 1. The quantitative estimate of drug-likeness (QED) is 0.781. The third-order valence-corrected chi connectivity index (χ3v) is 3.61. The van der Waals surface area contributed by atoms with Crippen LogP contribution in [0.3, 0.4) is 0 Å². The van der Waals surface area contributed by atoms with Gasteiger partial charge in [0, 0.05) is 10.6 Å². The number of halogens is 1. The predicted molar refractivity (Wildman–Crippen MR) is 80.1 cm³/mol. The molecule has 3 heteroatoms. The molecular weight excluding hydrogens is 270 g/mol. The van der Waals surface area contributed by atoms with Crippen molar-refractivity contribution in [3.63, 3.8) is 0 Å². The van der Waals surface area contributed by atoms with Gasteiger partial charge in [0.05, 0.1) is 6.07 Å². The first-order valence-corrected chi connectivity index (χ1v) is 6.68. The molecule has 2 aromatic carbocycles. The number of nitriles is 1. The molecule has 1 unspecified atom stereocenters. The Bertz CT molecular complexity index is 700. The lowest BCUT2D eigenvalue weighted by atomic mass is 9.89. The maximum atomic E-state index is 12.6. The lowest BCUT2D eigenvalue weighted by Gasteiger charge is -2.12. The van der Waals surface area contributed by atoms with Crippen LogP contribution in [0, 0.1) is 25.2 Å². The van der Waals surface area contributed by atoms with Crippen molar-refractivity contribution in [3.8, 4) is 6.07 Å². The van der Waals surface area contributed by atoms with Crippen LogP contribution >= 0.6 is 11.6 Å². The SMILES string of the molecule is Cc1ccc(C)c(C(=O)C(C#N)c2ccccc2Cl)c1.